The van der Waals surface area contributed by atoms with Crippen molar-refractivity contribution in [2.75, 3.05) is 12.4 Å². The molecule has 6 heteroatoms. The summed E-state index contributed by atoms with van der Waals surface area (Å²) in [5, 5.41) is 7.75. The van der Waals surface area contributed by atoms with Crippen LogP contribution in [-0.2, 0) is 13.1 Å². The Balaban J connectivity index is 1.70. The van der Waals surface area contributed by atoms with Crippen LogP contribution in [0.4, 0.5) is 5.69 Å². The van der Waals surface area contributed by atoms with Gasteiger partial charge in [0.05, 0.1) is 25.9 Å². The van der Waals surface area contributed by atoms with E-state index < -0.39 is 0 Å². The fraction of sp³-hybridized carbons (Fsp3) is 0.238. The molecule has 0 amide bonds. The Morgan fingerprint density at radius 3 is 2.67 bits per heavy atom. The lowest BCUT2D eigenvalue weighted by Gasteiger charge is -2.08. The first kappa shape index (κ1) is 18.5. The van der Waals surface area contributed by atoms with Crippen LogP contribution in [0.15, 0.2) is 59.6 Å². The van der Waals surface area contributed by atoms with Gasteiger partial charge >= 0.3 is 0 Å². The summed E-state index contributed by atoms with van der Waals surface area (Å²) >= 11 is 0. The Kier molecular flexibility index (Phi) is 5.76. The molecule has 0 fully saturated rings. The van der Waals surface area contributed by atoms with Crippen molar-refractivity contribution in [3.63, 3.8) is 0 Å². The van der Waals surface area contributed by atoms with E-state index in [2.05, 4.69) is 34.5 Å². The van der Waals surface area contributed by atoms with E-state index in [1.165, 1.54) is 5.56 Å². The first-order valence-corrected chi connectivity index (χ1v) is 8.84. The Labute approximate surface area is 159 Å². The number of nitrogens with two attached hydrogens (primary N) is 1. The molecule has 0 bridgehead atoms. The van der Waals surface area contributed by atoms with Crippen molar-refractivity contribution < 1.29 is 4.74 Å². The number of aromatic nitrogens is 2. The number of aryl methyl sites for hydroxylation is 1. The van der Waals surface area contributed by atoms with E-state index in [-0.39, 0.29) is 0 Å². The fourth-order valence-electron chi connectivity index (χ4n) is 2.93. The molecule has 0 aliphatic heterocycles. The first-order chi connectivity index (χ1) is 13.1. The zero-order chi connectivity index (χ0) is 19.2. The van der Waals surface area contributed by atoms with Crippen molar-refractivity contribution in [2.24, 2.45) is 10.7 Å². The molecular weight excluding hydrogens is 338 g/mol. The second kappa shape index (κ2) is 8.40. The summed E-state index contributed by atoms with van der Waals surface area (Å²) in [5.41, 5.74) is 11.3. The van der Waals surface area contributed by atoms with Crippen molar-refractivity contribution in [3.05, 3.63) is 77.1 Å². The van der Waals surface area contributed by atoms with Crippen molar-refractivity contribution in [1.82, 2.24) is 9.78 Å². The molecule has 0 unspecified atom stereocenters. The summed E-state index contributed by atoms with van der Waals surface area (Å²) in [4.78, 5) is 4.48. The number of hydrogen-bond donors (Lipinski definition) is 2. The van der Waals surface area contributed by atoms with Crippen LogP contribution in [0.5, 0.6) is 5.75 Å². The molecule has 0 saturated carbocycles. The number of nitrogens with one attached hydrogen (secondary N) is 1. The third kappa shape index (κ3) is 4.67. The second-order valence-corrected chi connectivity index (χ2v) is 6.35. The number of rotatable bonds is 6. The second-order valence-electron chi connectivity index (χ2n) is 6.35. The van der Waals surface area contributed by atoms with Gasteiger partial charge in [0.1, 0.15) is 5.75 Å². The highest BCUT2D eigenvalue weighted by Crippen LogP contribution is 2.18. The first-order valence-electron chi connectivity index (χ1n) is 8.84. The highest BCUT2D eigenvalue weighted by atomic mass is 16.5. The third-order valence-electron chi connectivity index (χ3n) is 4.46. The molecule has 1 heterocycles. The van der Waals surface area contributed by atoms with Crippen molar-refractivity contribution >= 4 is 11.6 Å². The molecule has 3 aromatic rings. The summed E-state index contributed by atoms with van der Waals surface area (Å²) in [6, 6.07) is 17.9. The zero-order valence-corrected chi connectivity index (χ0v) is 15.9. The van der Waals surface area contributed by atoms with Crippen LogP contribution < -0.4 is 15.8 Å². The molecule has 0 spiro atoms. The van der Waals surface area contributed by atoms with E-state index in [0.29, 0.717) is 12.5 Å². The summed E-state index contributed by atoms with van der Waals surface area (Å²) in [5.74, 6) is 1.12. The lowest BCUT2D eigenvalue weighted by molar-refractivity contribution is 0.415. The molecule has 2 aromatic carbocycles. The van der Waals surface area contributed by atoms with Gasteiger partial charge in [0.25, 0.3) is 0 Å². The highest BCUT2D eigenvalue weighted by Gasteiger charge is 2.11. The molecule has 3 rings (SSSR count). The van der Waals surface area contributed by atoms with Crippen molar-refractivity contribution in [1.29, 1.82) is 0 Å². The van der Waals surface area contributed by atoms with Crippen LogP contribution in [0.3, 0.4) is 0 Å². The van der Waals surface area contributed by atoms with Gasteiger partial charge in [-0.25, -0.2) is 4.99 Å². The van der Waals surface area contributed by atoms with Gasteiger partial charge in [0.15, 0.2) is 5.96 Å². The molecule has 6 nitrogen and oxygen atoms in total. The Morgan fingerprint density at radius 1 is 1.15 bits per heavy atom. The standard InChI is InChI=1S/C21H25N5O/c1-15-20(16(2)26(25-15)14-17-8-5-4-6-9-17)13-23-21(22)24-18-10-7-11-19(12-18)27-3/h4-12H,13-14H2,1-3H3,(H3,22,23,24). The topological polar surface area (TPSA) is 77.5 Å². The molecule has 140 valence electrons. The van der Waals surface area contributed by atoms with E-state index in [0.717, 1.165) is 34.9 Å². The van der Waals surface area contributed by atoms with Crippen LogP contribution in [-0.4, -0.2) is 22.8 Å². The average Bonchev–Trinajstić information content (AvgIpc) is 2.94. The average molecular weight is 363 g/mol. The van der Waals surface area contributed by atoms with Gasteiger partial charge in [0, 0.05) is 23.0 Å². The zero-order valence-electron chi connectivity index (χ0n) is 15.9. The minimum atomic E-state index is 0.359. The quantitative estimate of drug-likeness (QED) is 0.519. The Hall–Kier alpha value is -3.28. The van der Waals surface area contributed by atoms with Gasteiger partial charge in [-0.1, -0.05) is 36.4 Å². The molecule has 0 saturated heterocycles. The van der Waals surface area contributed by atoms with E-state index in [4.69, 9.17) is 10.5 Å². The maximum Gasteiger partial charge on any atom is 0.193 e. The highest BCUT2D eigenvalue weighted by molar-refractivity contribution is 5.92. The molecule has 0 aliphatic carbocycles. The van der Waals surface area contributed by atoms with Crippen molar-refractivity contribution in [2.45, 2.75) is 26.9 Å². The SMILES string of the molecule is COc1cccc(NC(N)=NCc2c(C)nn(Cc3ccccc3)c2C)c1. The number of ether oxygens (including phenoxy) is 1. The Bertz CT molecular complexity index is 931. The van der Waals surface area contributed by atoms with Gasteiger partial charge in [-0.2, -0.15) is 5.10 Å². The van der Waals surface area contributed by atoms with Gasteiger partial charge in [-0.15, -0.1) is 0 Å². The fourth-order valence-corrected chi connectivity index (χ4v) is 2.93. The molecule has 0 atom stereocenters. The molecule has 1 aromatic heterocycles. The molecule has 0 aliphatic rings. The lowest BCUT2D eigenvalue weighted by Crippen LogP contribution is -2.22. The molecule has 27 heavy (non-hydrogen) atoms. The molecular formula is C21H25N5O. The maximum absolute atomic E-state index is 6.05. The van der Waals surface area contributed by atoms with Crippen molar-refractivity contribution in [3.8, 4) is 5.75 Å². The van der Waals surface area contributed by atoms with Crippen LogP contribution in [0.25, 0.3) is 0 Å². The summed E-state index contributed by atoms with van der Waals surface area (Å²) in [6.07, 6.45) is 0. The van der Waals surface area contributed by atoms with Crippen LogP contribution in [0.2, 0.25) is 0 Å². The largest absolute Gasteiger partial charge is 0.497 e. The van der Waals surface area contributed by atoms with Gasteiger partial charge in [-0.3, -0.25) is 4.68 Å². The lowest BCUT2D eigenvalue weighted by atomic mass is 10.2. The molecule has 3 N–H and O–H groups in total. The number of benzene rings is 2. The number of nitrogens with zero attached hydrogens (tertiary/aromatic N) is 3. The van der Waals surface area contributed by atoms with Crippen LogP contribution in [0.1, 0.15) is 22.5 Å². The van der Waals surface area contributed by atoms with Gasteiger partial charge in [0.2, 0.25) is 0 Å². The maximum atomic E-state index is 6.05. The van der Waals surface area contributed by atoms with Gasteiger partial charge < -0.3 is 15.8 Å². The smallest absolute Gasteiger partial charge is 0.193 e. The number of methoxy groups -OCH3 is 1. The summed E-state index contributed by atoms with van der Waals surface area (Å²) in [6.45, 7) is 5.30. The summed E-state index contributed by atoms with van der Waals surface area (Å²) in [7, 11) is 1.63. The van der Waals surface area contributed by atoms with Crippen LogP contribution >= 0.6 is 0 Å². The summed E-state index contributed by atoms with van der Waals surface area (Å²) < 4.78 is 7.23. The van der Waals surface area contributed by atoms with E-state index in [1.54, 1.807) is 7.11 Å². The number of hydrogen-bond acceptors (Lipinski definition) is 3. The number of anilines is 1. The predicted molar refractivity (Wildman–Crippen MR) is 109 cm³/mol. The Morgan fingerprint density at radius 2 is 1.93 bits per heavy atom. The monoisotopic (exact) mass is 363 g/mol. The van der Waals surface area contributed by atoms with E-state index in [1.807, 2.05) is 54.1 Å². The van der Waals surface area contributed by atoms with E-state index in [9.17, 15) is 0 Å². The number of aliphatic imine (C=N–C) groups is 1. The predicted octanol–water partition coefficient (Wildman–Crippen LogP) is 3.48. The third-order valence-corrected chi connectivity index (χ3v) is 4.46. The van der Waals surface area contributed by atoms with Gasteiger partial charge in [-0.05, 0) is 31.5 Å². The molecule has 0 radical (unpaired) electrons. The minimum absolute atomic E-state index is 0.359. The van der Waals surface area contributed by atoms with E-state index >= 15 is 0 Å². The normalized spacial score (nSPS) is 11.4. The minimum Gasteiger partial charge on any atom is -0.497 e. The van der Waals surface area contributed by atoms with Crippen LogP contribution in [0, 0.1) is 13.8 Å². The number of guanidine groups is 1.